The zero-order chi connectivity index (χ0) is 24.3. The highest BCUT2D eigenvalue weighted by atomic mass is 35.5. The van der Waals surface area contributed by atoms with Crippen molar-refractivity contribution in [2.75, 3.05) is 17.2 Å². The van der Waals surface area contributed by atoms with Crippen molar-refractivity contribution in [2.45, 2.75) is 50.5 Å². The van der Waals surface area contributed by atoms with E-state index in [0.717, 1.165) is 50.5 Å². The van der Waals surface area contributed by atoms with Crippen molar-refractivity contribution in [2.24, 2.45) is 0 Å². The van der Waals surface area contributed by atoms with E-state index in [1.807, 2.05) is 30.3 Å². The number of unbranched alkanes of at least 4 members (excludes halogenated alkanes) is 3. The second-order valence-electron chi connectivity index (χ2n) is 8.25. The molecule has 5 nitrogen and oxygen atoms in total. The molecule has 2 heterocycles. The van der Waals surface area contributed by atoms with Gasteiger partial charge in [0.05, 0.1) is 22.5 Å². The summed E-state index contributed by atoms with van der Waals surface area (Å²) < 4.78 is 34.9. The van der Waals surface area contributed by atoms with E-state index >= 15 is 0 Å². The van der Waals surface area contributed by atoms with Crippen molar-refractivity contribution in [1.82, 2.24) is 0 Å². The summed E-state index contributed by atoms with van der Waals surface area (Å²) in [5.41, 5.74) is 2.17. The van der Waals surface area contributed by atoms with Crippen LogP contribution in [0.2, 0.25) is 10.0 Å². The zero-order valence-corrected chi connectivity index (χ0v) is 22.8. The highest BCUT2D eigenvalue weighted by molar-refractivity contribution is 8.03. The minimum absolute atomic E-state index is 0.232. The third-order valence-corrected chi connectivity index (χ3v) is 9.15. The fraction of sp³-hybridized carbons (Fsp3) is 0.375. The number of thiazole rings is 1. The Kier molecular flexibility index (Phi) is 8.48. The summed E-state index contributed by atoms with van der Waals surface area (Å²) in [6.45, 7) is 3.76. The van der Waals surface area contributed by atoms with E-state index in [-0.39, 0.29) is 5.75 Å². The van der Waals surface area contributed by atoms with Gasteiger partial charge in [-0.25, -0.2) is 0 Å². The highest BCUT2D eigenvalue weighted by Crippen LogP contribution is 2.48. The van der Waals surface area contributed by atoms with Crippen LogP contribution in [-0.2, 0) is 16.7 Å². The van der Waals surface area contributed by atoms with Crippen LogP contribution < -0.4 is 9.47 Å². The zero-order valence-electron chi connectivity index (χ0n) is 18.8. The standard InChI is InChI=1S/C24H26Cl2N2O3S3/c1-2-3-4-11-27-19-14-17(25)7-9-21(19)32-23(27)16-24-28(12-5-6-13-34(29,30)31)20-15-18(26)8-10-22(20)33-24/h7-10,14-16H,2-6,11-13H2,1H3/p+1. The molecule has 1 N–H and O–H groups in total. The second-order valence-corrected chi connectivity index (χ2v) is 12.8. The maximum atomic E-state index is 11.1. The van der Waals surface area contributed by atoms with Crippen molar-refractivity contribution in [3.8, 4) is 0 Å². The molecule has 0 aliphatic carbocycles. The van der Waals surface area contributed by atoms with Gasteiger partial charge < -0.3 is 4.90 Å². The SMILES string of the molecule is CCCCC[n+]1c(C=C2Sc3ccc(Cl)cc3N2CCCCS(=O)(=O)O)sc2ccc(Cl)cc21. The molecular formula is C24H27Cl2N2O3S3+. The van der Waals surface area contributed by atoms with Crippen molar-refractivity contribution < 1.29 is 17.5 Å². The Balaban J connectivity index is 1.68. The molecule has 0 atom stereocenters. The van der Waals surface area contributed by atoms with Crippen molar-refractivity contribution in [3.05, 3.63) is 56.5 Å². The summed E-state index contributed by atoms with van der Waals surface area (Å²) in [6.07, 6.45) is 6.65. The smallest absolute Gasteiger partial charge is 0.265 e. The van der Waals surface area contributed by atoms with E-state index in [1.54, 1.807) is 23.1 Å². The fourth-order valence-electron chi connectivity index (χ4n) is 4.00. The number of anilines is 1. The fourth-order valence-corrected chi connectivity index (χ4v) is 7.19. The van der Waals surface area contributed by atoms with E-state index < -0.39 is 10.1 Å². The number of halogens is 2. The summed E-state index contributed by atoms with van der Waals surface area (Å²) in [4.78, 5) is 3.32. The number of hydrogen-bond acceptors (Lipinski definition) is 5. The first-order valence-corrected chi connectivity index (χ1v) is 15.3. The number of aromatic nitrogens is 1. The van der Waals surface area contributed by atoms with E-state index in [0.29, 0.717) is 24.4 Å². The van der Waals surface area contributed by atoms with Gasteiger partial charge >= 0.3 is 0 Å². The van der Waals surface area contributed by atoms with Gasteiger partial charge in [-0.2, -0.15) is 13.0 Å². The van der Waals surface area contributed by atoms with Crippen LogP contribution in [0.25, 0.3) is 16.3 Å². The van der Waals surface area contributed by atoms with Gasteiger partial charge in [0.1, 0.15) is 4.70 Å². The molecule has 0 saturated carbocycles. The first-order valence-electron chi connectivity index (χ1n) is 11.3. The average molecular weight is 559 g/mol. The number of aryl methyl sites for hydroxylation is 1. The van der Waals surface area contributed by atoms with Crippen molar-refractivity contribution >= 4 is 78.4 Å². The lowest BCUT2D eigenvalue weighted by Gasteiger charge is -2.20. The van der Waals surface area contributed by atoms with Crippen molar-refractivity contribution in [3.63, 3.8) is 0 Å². The molecule has 3 aromatic rings. The van der Waals surface area contributed by atoms with Gasteiger partial charge in [-0.1, -0.05) is 59.6 Å². The Bertz CT molecular complexity index is 1320. The minimum atomic E-state index is -3.96. The maximum absolute atomic E-state index is 11.1. The average Bonchev–Trinajstić information content (AvgIpc) is 3.28. The Morgan fingerprint density at radius 2 is 1.82 bits per heavy atom. The molecule has 1 aliphatic heterocycles. The van der Waals surface area contributed by atoms with Gasteiger partial charge in [-0.05, 0) is 49.6 Å². The first kappa shape index (κ1) is 25.8. The molecule has 0 bridgehead atoms. The number of hydrogen-bond donors (Lipinski definition) is 1. The van der Waals surface area contributed by atoms with Crippen LogP contribution in [0.5, 0.6) is 0 Å². The number of rotatable bonds is 10. The largest absolute Gasteiger partial charge is 0.335 e. The van der Waals surface area contributed by atoms with Gasteiger partial charge in [0, 0.05) is 34.0 Å². The molecule has 0 fully saturated rings. The van der Waals surface area contributed by atoms with Crippen LogP contribution in [-0.4, -0.2) is 25.3 Å². The van der Waals surface area contributed by atoms with Gasteiger partial charge in [0.15, 0.2) is 6.54 Å². The monoisotopic (exact) mass is 557 g/mol. The van der Waals surface area contributed by atoms with Crippen LogP contribution in [0.4, 0.5) is 5.69 Å². The molecule has 0 saturated heterocycles. The van der Waals surface area contributed by atoms with Gasteiger partial charge in [0.2, 0.25) is 5.52 Å². The molecule has 2 aromatic carbocycles. The molecule has 0 amide bonds. The molecular weight excluding hydrogens is 531 g/mol. The first-order chi connectivity index (χ1) is 16.2. The van der Waals surface area contributed by atoms with Gasteiger partial charge in [0.25, 0.3) is 15.1 Å². The molecule has 1 aliphatic rings. The Morgan fingerprint density at radius 3 is 2.59 bits per heavy atom. The third-order valence-electron chi connectivity index (χ3n) is 5.65. The molecule has 182 valence electrons. The highest BCUT2D eigenvalue weighted by Gasteiger charge is 2.28. The topological polar surface area (TPSA) is 61.5 Å². The lowest BCUT2D eigenvalue weighted by Crippen LogP contribution is -2.35. The molecule has 4 rings (SSSR count). The van der Waals surface area contributed by atoms with Crippen LogP contribution in [0, 0.1) is 0 Å². The number of thioether (sulfide) groups is 1. The molecule has 0 spiro atoms. The molecule has 0 unspecified atom stereocenters. The molecule has 1 aromatic heterocycles. The summed E-state index contributed by atoms with van der Waals surface area (Å²) in [7, 11) is -3.96. The van der Waals surface area contributed by atoms with E-state index in [1.165, 1.54) is 11.1 Å². The number of nitrogens with zero attached hydrogens (tertiary/aromatic N) is 2. The predicted molar refractivity (Wildman–Crippen MR) is 145 cm³/mol. The van der Waals surface area contributed by atoms with E-state index in [9.17, 15) is 8.42 Å². The Morgan fingerprint density at radius 1 is 1.06 bits per heavy atom. The summed E-state index contributed by atoms with van der Waals surface area (Å²) >= 11 is 16.1. The number of fused-ring (bicyclic) bond motifs is 2. The second kappa shape index (κ2) is 11.2. The lowest BCUT2D eigenvalue weighted by molar-refractivity contribution is -0.669. The lowest BCUT2D eigenvalue weighted by atomic mass is 10.2. The van der Waals surface area contributed by atoms with Crippen LogP contribution >= 0.6 is 46.3 Å². The van der Waals surface area contributed by atoms with Crippen molar-refractivity contribution in [1.29, 1.82) is 0 Å². The maximum Gasteiger partial charge on any atom is 0.265 e. The third kappa shape index (κ3) is 6.28. The molecule has 34 heavy (non-hydrogen) atoms. The Labute approximate surface area is 219 Å². The van der Waals surface area contributed by atoms with Gasteiger partial charge in [-0.15, -0.1) is 0 Å². The van der Waals surface area contributed by atoms with Gasteiger partial charge in [-0.3, -0.25) is 4.55 Å². The Hall–Kier alpha value is -1.29. The van der Waals surface area contributed by atoms with Crippen LogP contribution in [0.15, 0.2) is 46.3 Å². The van der Waals surface area contributed by atoms with E-state index in [4.69, 9.17) is 27.8 Å². The van der Waals surface area contributed by atoms with Crippen LogP contribution in [0.3, 0.4) is 0 Å². The normalized spacial score (nSPS) is 14.9. The summed E-state index contributed by atoms with van der Waals surface area (Å²) in [5.74, 6) is -0.232. The molecule has 0 radical (unpaired) electrons. The summed E-state index contributed by atoms with van der Waals surface area (Å²) in [6, 6.07) is 11.9. The minimum Gasteiger partial charge on any atom is -0.335 e. The summed E-state index contributed by atoms with van der Waals surface area (Å²) in [5, 5.41) is 3.62. The van der Waals surface area contributed by atoms with E-state index in [2.05, 4.69) is 28.5 Å². The van der Waals surface area contributed by atoms with Crippen LogP contribution in [0.1, 0.15) is 44.0 Å². The number of benzene rings is 2. The predicted octanol–water partition coefficient (Wildman–Crippen LogP) is 7.26. The quantitative estimate of drug-likeness (QED) is 0.161. The molecule has 10 heteroatoms.